The number of nitro groups is 1. The zero-order chi connectivity index (χ0) is 13.0. The topological polar surface area (TPSA) is 94.1 Å². The Bertz CT molecular complexity index is 542. The number of hydrogen-bond donors (Lipinski definition) is 2. The van der Waals surface area contributed by atoms with Gasteiger partial charge in [-0.05, 0) is 17.9 Å². The first kappa shape index (κ1) is 12.3. The summed E-state index contributed by atoms with van der Waals surface area (Å²) in [6.07, 6.45) is 0.849. The molecule has 7 heteroatoms. The molecule has 0 aliphatic heterocycles. The van der Waals surface area contributed by atoms with Gasteiger partial charge >= 0.3 is 0 Å². The van der Waals surface area contributed by atoms with E-state index in [0.29, 0.717) is 12.4 Å². The van der Waals surface area contributed by atoms with Gasteiger partial charge < -0.3 is 11.1 Å². The fraction of sp³-hybridized carbons (Fsp3) is 0.182. The molecule has 0 aromatic carbocycles. The number of nitrogens with zero attached hydrogens (tertiary/aromatic N) is 2. The lowest BCUT2D eigenvalue weighted by Crippen LogP contribution is -2.07. The maximum atomic E-state index is 10.7. The Balaban J connectivity index is 1.98. The highest BCUT2D eigenvalue weighted by atomic mass is 32.1. The Kier molecular flexibility index (Phi) is 3.73. The van der Waals surface area contributed by atoms with Crippen LogP contribution >= 0.6 is 11.3 Å². The smallest absolute Gasteiger partial charge is 0.276 e. The van der Waals surface area contributed by atoms with Gasteiger partial charge in [0.15, 0.2) is 0 Å². The zero-order valence-corrected chi connectivity index (χ0v) is 10.3. The van der Waals surface area contributed by atoms with Crippen molar-refractivity contribution < 1.29 is 4.92 Å². The average Bonchev–Trinajstić information content (AvgIpc) is 2.81. The van der Waals surface area contributed by atoms with E-state index in [1.165, 1.54) is 17.0 Å². The number of rotatable bonds is 5. The van der Waals surface area contributed by atoms with Crippen LogP contribution in [0.1, 0.15) is 4.88 Å². The number of pyridine rings is 1. The van der Waals surface area contributed by atoms with Crippen molar-refractivity contribution in [3.8, 4) is 0 Å². The minimum absolute atomic E-state index is 0.0545. The molecule has 0 fully saturated rings. The normalized spacial score (nSPS) is 10.2. The highest BCUT2D eigenvalue weighted by Crippen LogP contribution is 2.18. The number of nitrogens with one attached hydrogen (secondary N) is 1. The fourth-order valence-electron chi connectivity index (χ4n) is 1.50. The predicted octanol–water partition coefficient (Wildman–Crippen LogP) is 2.29. The summed E-state index contributed by atoms with van der Waals surface area (Å²) < 4.78 is 0. The predicted molar refractivity (Wildman–Crippen MR) is 71.8 cm³/mol. The molecule has 2 aromatic rings. The number of nitrogen functional groups attached to an aromatic ring is 1. The fourth-order valence-corrected chi connectivity index (χ4v) is 2.21. The summed E-state index contributed by atoms with van der Waals surface area (Å²) in [7, 11) is 0. The first-order valence-corrected chi connectivity index (χ1v) is 6.21. The minimum atomic E-state index is -0.484. The molecule has 0 saturated heterocycles. The molecule has 6 nitrogen and oxygen atoms in total. The maximum absolute atomic E-state index is 10.7. The first-order valence-electron chi connectivity index (χ1n) is 5.33. The van der Waals surface area contributed by atoms with E-state index in [4.69, 9.17) is 5.73 Å². The second-order valence-electron chi connectivity index (χ2n) is 3.65. The molecular formula is C11H12N4O2S. The summed E-state index contributed by atoms with van der Waals surface area (Å²) in [4.78, 5) is 15.4. The van der Waals surface area contributed by atoms with Crippen LogP contribution in [0.5, 0.6) is 0 Å². The Hall–Kier alpha value is -2.15. The minimum Gasteiger partial charge on any atom is -0.383 e. The molecule has 0 amide bonds. The second-order valence-corrected chi connectivity index (χ2v) is 4.68. The van der Waals surface area contributed by atoms with Crippen molar-refractivity contribution >= 4 is 28.7 Å². The van der Waals surface area contributed by atoms with Gasteiger partial charge in [0, 0.05) is 11.4 Å². The molecule has 2 aromatic heterocycles. The second kappa shape index (κ2) is 5.46. The lowest BCUT2D eigenvalue weighted by molar-refractivity contribution is -0.384. The van der Waals surface area contributed by atoms with E-state index in [1.807, 2.05) is 17.5 Å². The van der Waals surface area contributed by atoms with Crippen LogP contribution in [0.3, 0.4) is 0 Å². The van der Waals surface area contributed by atoms with Crippen molar-refractivity contribution in [3.05, 3.63) is 44.6 Å². The van der Waals surface area contributed by atoms with Crippen molar-refractivity contribution in [2.24, 2.45) is 0 Å². The number of nitrogens with two attached hydrogens (primary N) is 1. The third-order valence-corrected chi connectivity index (χ3v) is 3.23. The summed E-state index contributed by atoms with van der Waals surface area (Å²) >= 11 is 1.68. The molecule has 3 N–H and O–H groups in total. The number of hydrogen-bond acceptors (Lipinski definition) is 6. The molecule has 2 heterocycles. The van der Waals surface area contributed by atoms with Gasteiger partial charge in [-0.1, -0.05) is 6.07 Å². The lowest BCUT2D eigenvalue weighted by atomic mass is 10.3. The van der Waals surface area contributed by atoms with Gasteiger partial charge in [0.25, 0.3) is 5.69 Å². The Morgan fingerprint density at radius 3 is 3.00 bits per heavy atom. The van der Waals surface area contributed by atoms with E-state index in [-0.39, 0.29) is 11.5 Å². The molecule has 2 rings (SSSR count). The highest BCUT2D eigenvalue weighted by molar-refractivity contribution is 7.09. The molecular weight excluding hydrogens is 252 g/mol. The van der Waals surface area contributed by atoms with Crippen molar-refractivity contribution in [1.29, 1.82) is 0 Å². The number of aromatic nitrogens is 1. The zero-order valence-electron chi connectivity index (χ0n) is 9.50. The molecule has 0 aliphatic rings. The Morgan fingerprint density at radius 2 is 2.33 bits per heavy atom. The Labute approximate surface area is 108 Å². The van der Waals surface area contributed by atoms with Crippen molar-refractivity contribution in [1.82, 2.24) is 4.98 Å². The van der Waals surface area contributed by atoms with Gasteiger partial charge in [0.05, 0.1) is 17.1 Å². The summed E-state index contributed by atoms with van der Waals surface area (Å²) in [5.74, 6) is 0.570. The van der Waals surface area contributed by atoms with E-state index in [0.717, 1.165) is 6.42 Å². The summed E-state index contributed by atoms with van der Waals surface area (Å²) in [6, 6.07) is 6.65. The van der Waals surface area contributed by atoms with Crippen LogP contribution in [0, 0.1) is 10.1 Å². The van der Waals surface area contributed by atoms with Crippen LogP contribution in [0.2, 0.25) is 0 Å². The van der Waals surface area contributed by atoms with Crippen LogP contribution in [0.15, 0.2) is 29.6 Å². The van der Waals surface area contributed by atoms with Crippen LogP contribution in [-0.4, -0.2) is 16.5 Å². The Morgan fingerprint density at radius 1 is 1.50 bits per heavy atom. The first-order chi connectivity index (χ1) is 8.65. The third-order valence-electron chi connectivity index (χ3n) is 2.30. The van der Waals surface area contributed by atoms with Crippen LogP contribution < -0.4 is 11.1 Å². The molecule has 94 valence electrons. The SMILES string of the molecule is Nc1cc([N+](=O)[O-])cc(NCCc2cccs2)n1. The van der Waals surface area contributed by atoms with Crippen molar-refractivity contribution in [3.63, 3.8) is 0 Å². The number of thiophene rings is 1. The van der Waals surface area contributed by atoms with E-state index < -0.39 is 4.92 Å². The lowest BCUT2D eigenvalue weighted by Gasteiger charge is -2.05. The van der Waals surface area contributed by atoms with Gasteiger partial charge in [0.1, 0.15) is 11.6 Å². The summed E-state index contributed by atoms with van der Waals surface area (Å²) in [5.41, 5.74) is 5.46. The third kappa shape index (κ3) is 3.17. The van der Waals surface area contributed by atoms with Gasteiger partial charge in [-0.2, -0.15) is 0 Å². The quantitative estimate of drug-likeness (QED) is 0.638. The molecule has 0 bridgehead atoms. The van der Waals surface area contributed by atoms with E-state index in [9.17, 15) is 10.1 Å². The molecule has 18 heavy (non-hydrogen) atoms. The van der Waals surface area contributed by atoms with Gasteiger partial charge in [-0.25, -0.2) is 4.98 Å². The van der Waals surface area contributed by atoms with Gasteiger partial charge in [-0.15, -0.1) is 11.3 Å². The standard InChI is InChI=1S/C11H12N4O2S/c12-10-6-8(15(16)17)7-11(14-10)13-4-3-9-2-1-5-18-9/h1-2,5-7H,3-4H2,(H3,12,13,14). The van der Waals surface area contributed by atoms with Crippen LogP contribution in [0.4, 0.5) is 17.3 Å². The molecule has 0 unspecified atom stereocenters. The summed E-state index contributed by atoms with van der Waals surface area (Å²) in [6.45, 7) is 0.661. The average molecular weight is 264 g/mol. The van der Waals surface area contributed by atoms with Crippen LogP contribution in [0.25, 0.3) is 0 Å². The van der Waals surface area contributed by atoms with Crippen LogP contribution in [-0.2, 0) is 6.42 Å². The van der Waals surface area contributed by atoms with E-state index in [2.05, 4.69) is 10.3 Å². The van der Waals surface area contributed by atoms with Crippen molar-refractivity contribution in [2.45, 2.75) is 6.42 Å². The highest BCUT2D eigenvalue weighted by Gasteiger charge is 2.09. The van der Waals surface area contributed by atoms with E-state index in [1.54, 1.807) is 11.3 Å². The monoisotopic (exact) mass is 264 g/mol. The summed E-state index contributed by atoms with van der Waals surface area (Å²) in [5, 5.41) is 15.7. The van der Waals surface area contributed by atoms with Gasteiger partial charge in [0.2, 0.25) is 0 Å². The largest absolute Gasteiger partial charge is 0.383 e. The number of anilines is 2. The van der Waals surface area contributed by atoms with Crippen molar-refractivity contribution in [2.75, 3.05) is 17.6 Å². The molecule has 0 aliphatic carbocycles. The van der Waals surface area contributed by atoms with Gasteiger partial charge in [-0.3, -0.25) is 10.1 Å². The maximum Gasteiger partial charge on any atom is 0.276 e. The molecule has 0 radical (unpaired) electrons. The molecule has 0 atom stereocenters. The molecule has 0 spiro atoms. The molecule has 0 saturated carbocycles. The van der Waals surface area contributed by atoms with E-state index >= 15 is 0 Å².